The molecule has 3 nitrogen and oxygen atoms in total. The van der Waals surface area contributed by atoms with E-state index in [-0.39, 0.29) is 11.9 Å². The van der Waals surface area contributed by atoms with Crippen LogP contribution >= 0.6 is 0 Å². The third kappa shape index (κ3) is 4.28. The Morgan fingerprint density at radius 2 is 2.06 bits per heavy atom. The van der Waals surface area contributed by atoms with Crippen LogP contribution in [0.4, 0.5) is 0 Å². The number of benzene rings is 1. The fourth-order valence-electron chi connectivity index (χ4n) is 1.70. The fraction of sp³-hybridized carbons (Fsp3) is 0.429. The van der Waals surface area contributed by atoms with Gasteiger partial charge in [0.25, 0.3) is 0 Å². The van der Waals surface area contributed by atoms with Crippen LogP contribution in [-0.2, 0) is 11.2 Å². The van der Waals surface area contributed by atoms with Gasteiger partial charge in [-0.2, -0.15) is 5.26 Å². The molecule has 0 saturated carbocycles. The fourth-order valence-corrected chi connectivity index (χ4v) is 1.70. The van der Waals surface area contributed by atoms with Gasteiger partial charge in [0.1, 0.15) is 5.92 Å². The zero-order valence-corrected chi connectivity index (χ0v) is 10.3. The molecule has 0 heterocycles. The van der Waals surface area contributed by atoms with Gasteiger partial charge in [-0.3, -0.25) is 4.79 Å². The average Bonchev–Trinajstić information content (AvgIpc) is 2.31. The van der Waals surface area contributed by atoms with Crippen molar-refractivity contribution in [1.29, 1.82) is 5.26 Å². The second kappa shape index (κ2) is 6.70. The molecule has 0 radical (unpaired) electrons. The van der Waals surface area contributed by atoms with Crippen LogP contribution in [0.1, 0.15) is 25.8 Å². The maximum absolute atomic E-state index is 11.7. The number of carbonyl (C=O) groups excluding carboxylic acids is 1. The van der Waals surface area contributed by atoms with Crippen LogP contribution in [0.3, 0.4) is 0 Å². The van der Waals surface area contributed by atoms with Gasteiger partial charge < -0.3 is 5.32 Å². The molecule has 1 rings (SSSR count). The Bertz CT molecular complexity index is 394. The number of hydrogen-bond acceptors (Lipinski definition) is 2. The highest BCUT2D eigenvalue weighted by Gasteiger charge is 2.17. The summed E-state index contributed by atoms with van der Waals surface area (Å²) in [7, 11) is 0. The second-order valence-corrected chi connectivity index (χ2v) is 4.19. The molecule has 1 N–H and O–H groups in total. The van der Waals surface area contributed by atoms with Gasteiger partial charge in [-0.25, -0.2) is 0 Å². The first-order valence-corrected chi connectivity index (χ1v) is 5.91. The van der Waals surface area contributed by atoms with Crippen LogP contribution in [-0.4, -0.2) is 11.9 Å². The molecule has 0 fully saturated rings. The molecule has 0 bridgehead atoms. The molecular weight excluding hydrogens is 212 g/mol. The first kappa shape index (κ1) is 13.2. The van der Waals surface area contributed by atoms with Crippen LogP contribution in [0.25, 0.3) is 0 Å². The molecule has 17 heavy (non-hydrogen) atoms. The molecule has 0 spiro atoms. The lowest BCUT2D eigenvalue weighted by Crippen LogP contribution is -2.37. The lowest BCUT2D eigenvalue weighted by molar-refractivity contribution is -0.124. The Balaban J connectivity index is 2.48. The third-order valence-electron chi connectivity index (χ3n) is 2.65. The van der Waals surface area contributed by atoms with Crippen LogP contribution in [0, 0.1) is 17.2 Å². The molecule has 2 atom stereocenters. The number of rotatable bonds is 5. The number of carbonyl (C=O) groups is 1. The highest BCUT2D eigenvalue weighted by Crippen LogP contribution is 2.05. The van der Waals surface area contributed by atoms with E-state index in [0.717, 1.165) is 6.42 Å². The maximum atomic E-state index is 11.7. The van der Waals surface area contributed by atoms with Crippen LogP contribution < -0.4 is 5.32 Å². The zero-order valence-electron chi connectivity index (χ0n) is 10.3. The molecule has 0 aliphatic rings. The van der Waals surface area contributed by atoms with E-state index in [9.17, 15) is 4.79 Å². The Hall–Kier alpha value is -1.82. The molecular formula is C14H18N2O. The summed E-state index contributed by atoms with van der Waals surface area (Å²) in [5.41, 5.74) is 1.19. The third-order valence-corrected chi connectivity index (χ3v) is 2.65. The van der Waals surface area contributed by atoms with Gasteiger partial charge in [-0.1, -0.05) is 37.3 Å². The summed E-state index contributed by atoms with van der Waals surface area (Å²) >= 11 is 0. The van der Waals surface area contributed by atoms with Crippen LogP contribution in [0.15, 0.2) is 30.3 Å². The van der Waals surface area contributed by atoms with Gasteiger partial charge >= 0.3 is 0 Å². The van der Waals surface area contributed by atoms with Gasteiger partial charge in [0.15, 0.2) is 0 Å². The van der Waals surface area contributed by atoms with Crippen molar-refractivity contribution in [3.63, 3.8) is 0 Å². The van der Waals surface area contributed by atoms with Crippen molar-refractivity contribution < 1.29 is 4.79 Å². The van der Waals surface area contributed by atoms with Gasteiger partial charge in [-0.05, 0) is 25.3 Å². The number of nitriles is 1. The largest absolute Gasteiger partial charge is 0.352 e. The van der Waals surface area contributed by atoms with E-state index < -0.39 is 5.92 Å². The Labute approximate surface area is 102 Å². The zero-order chi connectivity index (χ0) is 12.7. The smallest absolute Gasteiger partial charge is 0.237 e. The van der Waals surface area contributed by atoms with Gasteiger partial charge in [0.05, 0.1) is 6.07 Å². The van der Waals surface area contributed by atoms with Gasteiger partial charge in [0.2, 0.25) is 5.91 Å². The minimum atomic E-state index is -0.534. The molecule has 3 heteroatoms. The van der Waals surface area contributed by atoms with E-state index in [1.54, 1.807) is 0 Å². The molecule has 90 valence electrons. The van der Waals surface area contributed by atoms with E-state index in [1.165, 1.54) is 5.56 Å². The summed E-state index contributed by atoms with van der Waals surface area (Å²) in [6, 6.07) is 12.0. The van der Waals surface area contributed by atoms with E-state index in [0.29, 0.717) is 6.42 Å². The summed E-state index contributed by atoms with van der Waals surface area (Å²) in [4.78, 5) is 11.7. The Kier molecular flexibility index (Phi) is 5.22. The number of nitrogens with zero attached hydrogens (tertiary/aromatic N) is 1. The van der Waals surface area contributed by atoms with Crippen molar-refractivity contribution in [1.82, 2.24) is 5.32 Å². The van der Waals surface area contributed by atoms with Crippen molar-refractivity contribution >= 4 is 5.91 Å². The topological polar surface area (TPSA) is 52.9 Å². The first-order chi connectivity index (χ1) is 8.17. The summed E-state index contributed by atoms with van der Waals surface area (Å²) in [6.07, 6.45) is 1.34. The first-order valence-electron chi connectivity index (χ1n) is 5.91. The van der Waals surface area contributed by atoms with Crippen molar-refractivity contribution in [3.05, 3.63) is 35.9 Å². The van der Waals surface area contributed by atoms with Crippen LogP contribution in [0.2, 0.25) is 0 Å². The summed E-state index contributed by atoms with van der Waals surface area (Å²) in [5, 5.41) is 11.7. The predicted octanol–water partition coefficient (Wildman–Crippen LogP) is 2.28. The normalized spacial score (nSPS) is 13.5. The Morgan fingerprint density at radius 3 is 2.59 bits per heavy atom. The van der Waals surface area contributed by atoms with Crippen molar-refractivity contribution in [3.8, 4) is 6.07 Å². The van der Waals surface area contributed by atoms with Gasteiger partial charge in [0, 0.05) is 6.04 Å². The van der Waals surface area contributed by atoms with E-state index in [2.05, 4.69) is 5.32 Å². The minimum absolute atomic E-state index is 0.0484. The van der Waals surface area contributed by atoms with E-state index in [1.807, 2.05) is 50.2 Å². The SMILES string of the molecule is CCC(C#N)C(=O)NC(C)Cc1ccccc1. The number of nitrogens with one attached hydrogen (secondary N) is 1. The minimum Gasteiger partial charge on any atom is -0.352 e. The molecule has 1 aromatic rings. The molecule has 0 aromatic heterocycles. The molecule has 1 aromatic carbocycles. The number of hydrogen-bond donors (Lipinski definition) is 1. The van der Waals surface area contributed by atoms with Crippen LogP contribution in [0.5, 0.6) is 0 Å². The number of amides is 1. The maximum Gasteiger partial charge on any atom is 0.237 e. The molecule has 0 aliphatic heterocycles. The average molecular weight is 230 g/mol. The van der Waals surface area contributed by atoms with E-state index in [4.69, 9.17) is 5.26 Å². The quantitative estimate of drug-likeness (QED) is 0.843. The summed E-state index contributed by atoms with van der Waals surface area (Å²) in [6.45, 7) is 3.80. The standard InChI is InChI=1S/C14H18N2O/c1-3-13(10-15)14(17)16-11(2)9-12-7-5-4-6-8-12/h4-8,11,13H,3,9H2,1-2H3,(H,16,17). The molecule has 0 saturated heterocycles. The molecule has 1 amide bonds. The van der Waals surface area contributed by atoms with Crippen molar-refractivity contribution in [2.45, 2.75) is 32.7 Å². The molecule has 2 unspecified atom stereocenters. The summed E-state index contributed by atoms with van der Waals surface area (Å²) in [5.74, 6) is -0.702. The van der Waals surface area contributed by atoms with E-state index >= 15 is 0 Å². The summed E-state index contributed by atoms with van der Waals surface area (Å²) < 4.78 is 0. The van der Waals surface area contributed by atoms with Crippen molar-refractivity contribution in [2.24, 2.45) is 5.92 Å². The highest BCUT2D eigenvalue weighted by molar-refractivity contribution is 5.81. The van der Waals surface area contributed by atoms with Crippen molar-refractivity contribution in [2.75, 3.05) is 0 Å². The lowest BCUT2D eigenvalue weighted by atomic mass is 10.0. The highest BCUT2D eigenvalue weighted by atomic mass is 16.1. The lowest BCUT2D eigenvalue weighted by Gasteiger charge is -2.15. The Morgan fingerprint density at radius 1 is 1.41 bits per heavy atom. The molecule has 0 aliphatic carbocycles. The van der Waals surface area contributed by atoms with Gasteiger partial charge in [-0.15, -0.1) is 0 Å². The predicted molar refractivity (Wildman–Crippen MR) is 67.1 cm³/mol. The second-order valence-electron chi connectivity index (χ2n) is 4.19. The monoisotopic (exact) mass is 230 g/mol.